The van der Waals surface area contributed by atoms with Gasteiger partial charge in [-0.15, -0.1) is 0 Å². The third-order valence-electron chi connectivity index (χ3n) is 3.26. The summed E-state index contributed by atoms with van der Waals surface area (Å²) in [6.07, 6.45) is 1.12. The van der Waals surface area contributed by atoms with Crippen LogP contribution in [-0.4, -0.2) is 21.4 Å². The van der Waals surface area contributed by atoms with E-state index in [1.807, 2.05) is 0 Å². The van der Waals surface area contributed by atoms with Crippen molar-refractivity contribution in [1.82, 2.24) is 9.97 Å². The van der Waals surface area contributed by atoms with E-state index in [0.29, 0.717) is 12.5 Å². The lowest BCUT2D eigenvalue weighted by Gasteiger charge is -2.29. The average molecular weight is 253 g/mol. The summed E-state index contributed by atoms with van der Waals surface area (Å²) < 4.78 is 0. The maximum atomic E-state index is 10.8. The van der Waals surface area contributed by atoms with E-state index >= 15 is 0 Å². The predicted molar refractivity (Wildman–Crippen MR) is 70.2 cm³/mol. The second kappa shape index (κ2) is 5.16. The highest BCUT2D eigenvalue weighted by Crippen LogP contribution is 2.28. The maximum absolute atomic E-state index is 10.8. The molecule has 0 unspecified atom stereocenters. The van der Waals surface area contributed by atoms with Gasteiger partial charge in [0.25, 0.3) is 0 Å². The fourth-order valence-corrected chi connectivity index (χ4v) is 1.17. The van der Waals surface area contributed by atoms with Crippen LogP contribution in [0.5, 0.6) is 0 Å². The second-order valence-electron chi connectivity index (χ2n) is 5.22. The molecule has 0 aromatic carbocycles. The van der Waals surface area contributed by atoms with Gasteiger partial charge in [0, 0.05) is 6.54 Å². The molecule has 0 aliphatic rings. The van der Waals surface area contributed by atoms with E-state index in [1.165, 1.54) is 0 Å². The Balaban J connectivity index is 2.90. The number of hydrogen-bond acceptors (Lipinski definition) is 6. The lowest BCUT2D eigenvalue weighted by Crippen LogP contribution is -2.29. The minimum Gasteiger partial charge on any atom is -0.368 e. The van der Waals surface area contributed by atoms with E-state index in [9.17, 15) is 10.1 Å². The highest BCUT2D eigenvalue weighted by Gasteiger charge is 2.24. The minimum atomic E-state index is -0.524. The number of nitrogens with two attached hydrogens (primary N) is 1. The SMILES string of the molecule is CC(C)C(C)(C)CNc1nc(N)ncc1[N+](=O)[O-]. The number of nitrogens with one attached hydrogen (secondary N) is 1. The molecule has 0 fully saturated rings. The molecular formula is C11H19N5O2. The van der Waals surface area contributed by atoms with Crippen LogP contribution in [0.3, 0.4) is 0 Å². The van der Waals surface area contributed by atoms with Crippen molar-refractivity contribution in [3.8, 4) is 0 Å². The molecule has 0 radical (unpaired) electrons. The van der Waals surface area contributed by atoms with Crippen LogP contribution in [0.2, 0.25) is 0 Å². The molecule has 0 aliphatic carbocycles. The van der Waals surface area contributed by atoms with Gasteiger partial charge in [0.15, 0.2) is 0 Å². The molecule has 1 aromatic rings. The minimum absolute atomic E-state index is 0.00637. The van der Waals surface area contributed by atoms with Crippen molar-refractivity contribution in [2.75, 3.05) is 17.6 Å². The van der Waals surface area contributed by atoms with Crippen LogP contribution >= 0.6 is 0 Å². The first-order chi connectivity index (χ1) is 8.24. The Bertz CT molecular complexity index is 445. The molecule has 0 saturated carbocycles. The van der Waals surface area contributed by atoms with Crippen LogP contribution in [0.1, 0.15) is 27.7 Å². The third kappa shape index (κ3) is 3.28. The summed E-state index contributed by atoms with van der Waals surface area (Å²) in [6, 6.07) is 0. The van der Waals surface area contributed by atoms with Crippen LogP contribution in [0, 0.1) is 21.4 Å². The summed E-state index contributed by atoms with van der Waals surface area (Å²) >= 11 is 0. The largest absolute Gasteiger partial charge is 0.368 e. The zero-order valence-corrected chi connectivity index (χ0v) is 11.1. The van der Waals surface area contributed by atoms with E-state index in [0.717, 1.165) is 6.20 Å². The topological polar surface area (TPSA) is 107 Å². The molecule has 7 heteroatoms. The van der Waals surface area contributed by atoms with Crippen molar-refractivity contribution in [3.63, 3.8) is 0 Å². The molecule has 0 bridgehead atoms. The van der Waals surface area contributed by atoms with Gasteiger partial charge in [0.1, 0.15) is 6.20 Å². The van der Waals surface area contributed by atoms with E-state index < -0.39 is 4.92 Å². The average Bonchev–Trinajstić information content (AvgIpc) is 2.26. The smallest absolute Gasteiger partial charge is 0.329 e. The Morgan fingerprint density at radius 3 is 2.67 bits per heavy atom. The number of nitrogen functional groups attached to an aromatic ring is 1. The summed E-state index contributed by atoms with van der Waals surface area (Å²) in [4.78, 5) is 17.8. The van der Waals surface area contributed by atoms with Crippen molar-refractivity contribution in [3.05, 3.63) is 16.3 Å². The summed E-state index contributed by atoms with van der Waals surface area (Å²) in [5.41, 5.74) is 5.27. The number of rotatable bonds is 5. The molecule has 3 N–H and O–H groups in total. The van der Waals surface area contributed by atoms with Gasteiger partial charge in [-0.05, 0) is 11.3 Å². The molecule has 1 rings (SSSR count). The van der Waals surface area contributed by atoms with E-state index in [4.69, 9.17) is 5.73 Å². The van der Waals surface area contributed by atoms with Crippen LogP contribution < -0.4 is 11.1 Å². The monoisotopic (exact) mass is 253 g/mol. The summed E-state index contributed by atoms with van der Waals surface area (Å²) in [5, 5.41) is 13.8. The zero-order chi connectivity index (χ0) is 13.9. The number of hydrogen-bond donors (Lipinski definition) is 2. The van der Waals surface area contributed by atoms with Crippen molar-refractivity contribution >= 4 is 17.5 Å². The molecule has 0 atom stereocenters. The van der Waals surface area contributed by atoms with Gasteiger partial charge in [-0.25, -0.2) is 4.98 Å². The Hall–Kier alpha value is -1.92. The van der Waals surface area contributed by atoms with Gasteiger partial charge in [0.05, 0.1) is 4.92 Å². The van der Waals surface area contributed by atoms with Crippen molar-refractivity contribution in [2.45, 2.75) is 27.7 Å². The molecule has 1 heterocycles. The predicted octanol–water partition coefficient (Wildman–Crippen LogP) is 2.06. The number of aromatic nitrogens is 2. The zero-order valence-electron chi connectivity index (χ0n) is 11.1. The third-order valence-corrected chi connectivity index (χ3v) is 3.26. The van der Waals surface area contributed by atoms with Gasteiger partial charge in [-0.2, -0.15) is 4.98 Å². The first-order valence-corrected chi connectivity index (χ1v) is 5.75. The molecule has 0 amide bonds. The van der Waals surface area contributed by atoms with Gasteiger partial charge in [-0.1, -0.05) is 27.7 Å². The molecular weight excluding hydrogens is 234 g/mol. The Labute approximate surface area is 106 Å². The Morgan fingerprint density at radius 1 is 1.56 bits per heavy atom. The Morgan fingerprint density at radius 2 is 2.17 bits per heavy atom. The highest BCUT2D eigenvalue weighted by atomic mass is 16.6. The van der Waals surface area contributed by atoms with Gasteiger partial charge in [-0.3, -0.25) is 10.1 Å². The standard InChI is InChI=1S/C11H19N5O2/c1-7(2)11(3,4)6-14-9-8(16(17)18)5-13-10(12)15-9/h5,7H,6H2,1-4H3,(H3,12,13,14,15). The summed E-state index contributed by atoms with van der Waals surface area (Å²) in [5.74, 6) is 0.620. The number of anilines is 2. The van der Waals surface area contributed by atoms with Crippen LogP contribution in [-0.2, 0) is 0 Å². The molecule has 100 valence electrons. The molecule has 1 aromatic heterocycles. The molecule has 0 aliphatic heterocycles. The van der Waals surface area contributed by atoms with Gasteiger partial charge in [0.2, 0.25) is 11.8 Å². The molecule has 0 spiro atoms. The fraction of sp³-hybridized carbons (Fsp3) is 0.636. The summed E-state index contributed by atoms with van der Waals surface area (Å²) in [6.45, 7) is 8.94. The maximum Gasteiger partial charge on any atom is 0.329 e. The van der Waals surface area contributed by atoms with Crippen LogP contribution in [0.25, 0.3) is 0 Å². The van der Waals surface area contributed by atoms with E-state index in [2.05, 4.69) is 43.0 Å². The van der Waals surface area contributed by atoms with Crippen molar-refractivity contribution < 1.29 is 4.92 Å². The lowest BCUT2D eigenvalue weighted by molar-refractivity contribution is -0.384. The molecule has 0 saturated heterocycles. The van der Waals surface area contributed by atoms with Crippen molar-refractivity contribution in [2.24, 2.45) is 11.3 Å². The van der Waals surface area contributed by atoms with Gasteiger partial charge >= 0.3 is 5.69 Å². The number of nitro groups is 1. The quantitative estimate of drug-likeness (QED) is 0.614. The van der Waals surface area contributed by atoms with Crippen LogP contribution in [0.4, 0.5) is 17.5 Å². The Kier molecular flexibility index (Phi) is 4.05. The van der Waals surface area contributed by atoms with Crippen LogP contribution in [0.15, 0.2) is 6.20 Å². The first kappa shape index (κ1) is 14.1. The molecule has 18 heavy (non-hydrogen) atoms. The van der Waals surface area contributed by atoms with Crippen molar-refractivity contribution in [1.29, 1.82) is 0 Å². The summed E-state index contributed by atoms with van der Waals surface area (Å²) in [7, 11) is 0. The van der Waals surface area contributed by atoms with Gasteiger partial charge < -0.3 is 11.1 Å². The lowest BCUT2D eigenvalue weighted by atomic mass is 9.81. The normalized spacial score (nSPS) is 11.6. The molecule has 7 nitrogen and oxygen atoms in total. The highest BCUT2D eigenvalue weighted by molar-refractivity contribution is 5.56. The first-order valence-electron chi connectivity index (χ1n) is 5.75. The fourth-order valence-electron chi connectivity index (χ4n) is 1.17. The van der Waals surface area contributed by atoms with E-state index in [1.54, 1.807) is 0 Å². The number of nitrogens with zero attached hydrogens (tertiary/aromatic N) is 3. The van der Waals surface area contributed by atoms with E-state index in [-0.39, 0.29) is 22.9 Å². The second-order valence-corrected chi connectivity index (χ2v) is 5.22.